The minimum atomic E-state index is 0.284. The zero-order chi connectivity index (χ0) is 20.2. The Balaban J connectivity index is 1.46. The second-order valence-electron chi connectivity index (χ2n) is 10.7. The summed E-state index contributed by atoms with van der Waals surface area (Å²) in [5.74, 6) is 3.20. The molecule has 3 fully saturated rings. The topological polar surface area (TPSA) is 42.0 Å². The van der Waals surface area contributed by atoms with Gasteiger partial charge < -0.3 is 5.32 Å². The van der Waals surface area contributed by atoms with E-state index in [-0.39, 0.29) is 11.3 Å². The fourth-order valence-corrected chi connectivity index (χ4v) is 7.99. The molecule has 4 aliphatic rings. The molecule has 29 heavy (non-hydrogen) atoms. The third kappa shape index (κ3) is 2.83. The fraction of sp³-hybridized carbons (Fsp3) is 0.692. The van der Waals surface area contributed by atoms with Gasteiger partial charge >= 0.3 is 0 Å². The molecule has 0 aromatic carbocycles. The number of nitrogens with zero attached hydrogens (tertiary/aromatic N) is 1. The van der Waals surface area contributed by atoms with Crippen molar-refractivity contribution >= 4 is 11.5 Å². The van der Waals surface area contributed by atoms with Crippen LogP contribution in [0.15, 0.2) is 24.5 Å². The van der Waals surface area contributed by atoms with E-state index < -0.39 is 0 Å². The number of rotatable bonds is 2. The van der Waals surface area contributed by atoms with Gasteiger partial charge in [0, 0.05) is 25.4 Å². The molecule has 1 aromatic heterocycles. The number of aromatic nitrogens is 1. The van der Waals surface area contributed by atoms with E-state index in [2.05, 4.69) is 49.4 Å². The zero-order valence-electron chi connectivity index (χ0n) is 18.3. The third-order valence-electron chi connectivity index (χ3n) is 9.65. The van der Waals surface area contributed by atoms with Crippen molar-refractivity contribution < 1.29 is 4.79 Å². The van der Waals surface area contributed by atoms with Gasteiger partial charge in [0.2, 0.25) is 5.91 Å². The number of amides is 1. The Kier molecular flexibility index (Phi) is 4.64. The Morgan fingerprint density at radius 1 is 1.17 bits per heavy atom. The largest absolute Gasteiger partial charge is 0.356 e. The molecule has 2 saturated carbocycles. The molecule has 1 N–H and O–H groups in total. The van der Waals surface area contributed by atoms with E-state index in [1.165, 1.54) is 43.2 Å². The SMILES string of the molecule is CCc1ccncc1C1=CC[C@H]2[C@@H]3CC[C@H]4CC(=O)NCC[C@]4(C)[C@H]3CC[C@]12C. The van der Waals surface area contributed by atoms with Gasteiger partial charge in [0.05, 0.1) is 0 Å². The van der Waals surface area contributed by atoms with Crippen LogP contribution in [0.25, 0.3) is 5.57 Å². The number of fused-ring (bicyclic) bond motifs is 5. The lowest BCUT2D eigenvalue weighted by Crippen LogP contribution is -2.51. The molecule has 1 aliphatic heterocycles. The average molecular weight is 393 g/mol. The number of hydrogen-bond donors (Lipinski definition) is 1. The molecule has 0 spiro atoms. The molecule has 156 valence electrons. The minimum Gasteiger partial charge on any atom is -0.356 e. The van der Waals surface area contributed by atoms with Crippen LogP contribution in [0.2, 0.25) is 0 Å². The second kappa shape index (κ2) is 6.96. The molecular weight excluding hydrogens is 356 g/mol. The molecule has 3 heteroatoms. The van der Waals surface area contributed by atoms with E-state index >= 15 is 0 Å². The lowest BCUT2D eigenvalue weighted by molar-refractivity contribution is -0.124. The summed E-state index contributed by atoms with van der Waals surface area (Å²) in [4.78, 5) is 16.7. The lowest BCUT2D eigenvalue weighted by atomic mass is 9.46. The highest BCUT2D eigenvalue weighted by Gasteiger charge is 2.58. The second-order valence-corrected chi connectivity index (χ2v) is 10.7. The molecule has 2 heterocycles. The Hall–Kier alpha value is -1.64. The van der Waals surface area contributed by atoms with Crippen LogP contribution in [-0.2, 0) is 11.2 Å². The molecule has 3 aliphatic carbocycles. The van der Waals surface area contributed by atoms with Crippen molar-refractivity contribution in [1.29, 1.82) is 0 Å². The maximum Gasteiger partial charge on any atom is 0.220 e. The van der Waals surface area contributed by atoms with Gasteiger partial charge in [-0.25, -0.2) is 0 Å². The van der Waals surface area contributed by atoms with E-state index in [1.54, 1.807) is 5.57 Å². The summed E-state index contributed by atoms with van der Waals surface area (Å²) < 4.78 is 0. The van der Waals surface area contributed by atoms with E-state index in [0.29, 0.717) is 11.3 Å². The van der Waals surface area contributed by atoms with Crippen molar-refractivity contribution in [2.45, 2.75) is 72.1 Å². The Bertz CT molecular complexity index is 845. The number of carbonyl (C=O) groups is 1. The maximum atomic E-state index is 12.2. The summed E-state index contributed by atoms with van der Waals surface area (Å²) in [5.41, 5.74) is 5.04. The quantitative estimate of drug-likeness (QED) is 0.731. The summed E-state index contributed by atoms with van der Waals surface area (Å²) in [6.45, 7) is 8.20. The fourth-order valence-electron chi connectivity index (χ4n) is 7.99. The van der Waals surface area contributed by atoms with Gasteiger partial charge in [0.1, 0.15) is 0 Å². The maximum absolute atomic E-state index is 12.2. The average Bonchev–Trinajstić information content (AvgIpc) is 2.98. The van der Waals surface area contributed by atoms with Crippen LogP contribution in [0.4, 0.5) is 0 Å². The van der Waals surface area contributed by atoms with Gasteiger partial charge in [0.15, 0.2) is 0 Å². The van der Waals surface area contributed by atoms with Crippen LogP contribution < -0.4 is 5.32 Å². The lowest BCUT2D eigenvalue weighted by Gasteiger charge is -2.58. The van der Waals surface area contributed by atoms with Gasteiger partial charge in [0.25, 0.3) is 0 Å². The standard InChI is InChI=1S/C26H36N2O/c1-4-17-10-13-27-16-20(17)22-8-7-21-19-6-5-18-15-24(29)28-14-12-25(18,2)23(19)9-11-26(21,22)3/h8,10,13,16,18-19,21,23H,4-7,9,11-12,14-15H2,1-3H3,(H,28,29)/t18-,19-,21-,23-,25-,26-/m0/s1. The molecular formula is C26H36N2O. The van der Waals surface area contributed by atoms with E-state index in [0.717, 1.165) is 43.6 Å². The van der Waals surface area contributed by atoms with Crippen molar-refractivity contribution in [2.75, 3.05) is 6.54 Å². The number of aryl methyl sites for hydroxylation is 1. The highest BCUT2D eigenvalue weighted by atomic mass is 16.1. The molecule has 0 radical (unpaired) electrons. The third-order valence-corrected chi connectivity index (χ3v) is 9.65. The van der Waals surface area contributed by atoms with Crippen molar-refractivity contribution in [3.63, 3.8) is 0 Å². The minimum absolute atomic E-state index is 0.284. The number of carbonyl (C=O) groups excluding carboxylic acids is 1. The van der Waals surface area contributed by atoms with Crippen molar-refractivity contribution in [3.8, 4) is 0 Å². The van der Waals surface area contributed by atoms with Crippen molar-refractivity contribution in [1.82, 2.24) is 10.3 Å². The first-order valence-electron chi connectivity index (χ1n) is 11.9. The molecule has 6 atom stereocenters. The summed E-state index contributed by atoms with van der Waals surface area (Å²) in [7, 11) is 0. The zero-order valence-corrected chi connectivity index (χ0v) is 18.3. The van der Waals surface area contributed by atoms with Crippen LogP contribution in [0.3, 0.4) is 0 Å². The van der Waals surface area contributed by atoms with Crippen LogP contribution in [0.1, 0.15) is 76.8 Å². The number of pyridine rings is 1. The molecule has 1 aromatic rings. The monoisotopic (exact) mass is 392 g/mol. The summed E-state index contributed by atoms with van der Waals surface area (Å²) in [6, 6.07) is 2.21. The highest BCUT2D eigenvalue weighted by molar-refractivity contribution is 5.77. The van der Waals surface area contributed by atoms with Crippen molar-refractivity contribution in [3.05, 3.63) is 35.7 Å². The predicted octanol–water partition coefficient (Wildman–Crippen LogP) is 5.41. The normalized spacial score (nSPS) is 41.5. The van der Waals surface area contributed by atoms with Crippen LogP contribution in [0, 0.1) is 34.5 Å². The van der Waals surface area contributed by atoms with Crippen LogP contribution in [-0.4, -0.2) is 17.4 Å². The molecule has 0 unspecified atom stereocenters. The van der Waals surface area contributed by atoms with Gasteiger partial charge in [-0.15, -0.1) is 0 Å². The summed E-state index contributed by atoms with van der Waals surface area (Å²) >= 11 is 0. The molecule has 5 rings (SSSR count). The van der Waals surface area contributed by atoms with Crippen LogP contribution in [0.5, 0.6) is 0 Å². The summed E-state index contributed by atoms with van der Waals surface area (Å²) in [6.07, 6.45) is 16.0. The van der Waals surface area contributed by atoms with Crippen LogP contribution >= 0.6 is 0 Å². The summed E-state index contributed by atoms with van der Waals surface area (Å²) in [5, 5.41) is 3.16. The smallest absolute Gasteiger partial charge is 0.220 e. The Labute approximate surface area is 175 Å². The van der Waals surface area contributed by atoms with Gasteiger partial charge in [-0.3, -0.25) is 9.78 Å². The highest BCUT2D eigenvalue weighted by Crippen LogP contribution is 2.66. The van der Waals surface area contributed by atoms with Gasteiger partial charge in [-0.2, -0.15) is 0 Å². The first-order valence-corrected chi connectivity index (χ1v) is 11.9. The number of allylic oxidation sites excluding steroid dienone is 2. The molecule has 0 bridgehead atoms. The Morgan fingerprint density at radius 3 is 2.86 bits per heavy atom. The number of hydrogen-bond acceptors (Lipinski definition) is 2. The molecule has 1 amide bonds. The molecule has 3 nitrogen and oxygen atoms in total. The van der Waals surface area contributed by atoms with Crippen molar-refractivity contribution in [2.24, 2.45) is 34.5 Å². The Morgan fingerprint density at radius 2 is 2.03 bits per heavy atom. The van der Waals surface area contributed by atoms with Gasteiger partial charge in [-0.05, 0) is 102 Å². The molecule has 1 saturated heterocycles. The van der Waals surface area contributed by atoms with E-state index in [9.17, 15) is 4.79 Å². The first kappa shape index (κ1) is 19.3. The van der Waals surface area contributed by atoms with E-state index in [4.69, 9.17) is 0 Å². The number of nitrogens with one attached hydrogen (secondary N) is 1. The predicted molar refractivity (Wildman–Crippen MR) is 117 cm³/mol. The van der Waals surface area contributed by atoms with Gasteiger partial charge in [-0.1, -0.05) is 26.8 Å². The van der Waals surface area contributed by atoms with E-state index in [1.807, 2.05) is 6.20 Å². The first-order chi connectivity index (χ1) is 14.0.